The molecule has 0 aromatic carbocycles. The second-order valence-corrected chi connectivity index (χ2v) is 5.75. The first kappa shape index (κ1) is 13.5. The second-order valence-electron chi connectivity index (χ2n) is 5.75. The predicted octanol–water partition coefficient (Wildman–Crippen LogP) is 2.11. The van der Waals surface area contributed by atoms with E-state index >= 15 is 0 Å². The Morgan fingerprint density at radius 2 is 2.11 bits per heavy atom. The fraction of sp³-hybridized carbons (Fsp3) is 0.846. The third kappa shape index (κ3) is 2.57. The van der Waals surface area contributed by atoms with Crippen LogP contribution < -0.4 is 5.73 Å². The van der Waals surface area contributed by atoms with Crippen molar-refractivity contribution < 1.29 is 9.26 Å². The van der Waals surface area contributed by atoms with Crippen LogP contribution in [0, 0.1) is 0 Å². The van der Waals surface area contributed by atoms with E-state index in [4.69, 9.17) is 15.0 Å². The Labute approximate surface area is 108 Å². The minimum absolute atomic E-state index is 0.0347. The normalized spacial score (nSPS) is 22.0. The summed E-state index contributed by atoms with van der Waals surface area (Å²) in [5.74, 6) is 1.27. The van der Waals surface area contributed by atoms with Crippen LogP contribution in [-0.2, 0) is 15.7 Å². The molecule has 1 aromatic rings. The maximum Gasteiger partial charge on any atom is 0.232 e. The van der Waals surface area contributed by atoms with Crippen molar-refractivity contribution in [2.45, 2.75) is 57.4 Å². The lowest BCUT2D eigenvalue weighted by Crippen LogP contribution is -2.39. The highest BCUT2D eigenvalue weighted by Crippen LogP contribution is 2.39. The summed E-state index contributed by atoms with van der Waals surface area (Å²) in [6, 6.07) is 0. The third-order valence-corrected chi connectivity index (χ3v) is 3.77. The van der Waals surface area contributed by atoms with Crippen LogP contribution in [0.3, 0.4) is 0 Å². The summed E-state index contributed by atoms with van der Waals surface area (Å²) in [6.07, 6.45) is 4.68. The first-order valence-corrected chi connectivity index (χ1v) is 6.69. The molecule has 5 heteroatoms. The average molecular weight is 253 g/mol. The summed E-state index contributed by atoms with van der Waals surface area (Å²) in [7, 11) is 0. The summed E-state index contributed by atoms with van der Waals surface area (Å²) in [5, 5.41) is 4.04. The first-order valence-electron chi connectivity index (χ1n) is 6.69. The van der Waals surface area contributed by atoms with Gasteiger partial charge in [-0.25, -0.2) is 0 Å². The molecule has 2 rings (SSSR count). The molecule has 2 N–H and O–H groups in total. The van der Waals surface area contributed by atoms with Gasteiger partial charge in [0.25, 0.3) is 0 Å². The average Bonchev–Trinajstić information content (AvgIpc) is 2.95. The van der Waals surface area contributed by atoms with Gasteiger partial charge in [0.2, 0.25) is 5.89 Å². The van der Waals surface area contributed by atoms with E-state index in [1.54, 1.807) is 0 Å². The van der Waals surface area contributed by atoms with E-state index < -0.39 is 5.54 Å². The molecule has 1 aliphatic carbocycles. The highest BCUT2D eigenvalue weighted by atomic mass is 16.5. The van der Waals surface area contributed by atoms with Gasteiger partial charge in [-0.3, -0.25) is 0 Å². The van der Waals surface area contributed by atoms with Crippen molar-refractivity contribution in [3.63, 3.8) is 0 Å². The highest BCUT2D eigenvalue weighted by molar-refractivity contribution is 5.09. The topological polar surface area (TPSA) is 74.2 Å². The van der Waals surface area contributed by atoms with Crippen LogP contribution in [0.2, 0.25) is 0 Å². The van der Waals surface area contributed by atoms with E-state index in [1.165, 1.54) is 12.8 Å². The van der Waals surface area contributed by atoms with Gasteiger partial charge in [-0.1, -0.05) is 24.9 Å². The minimum atomic E-state index is -0.688. The SMILES string of the molecule is CCOCC(C)(N)c1noc(C2(C)CCCC2)n1. The molecule has 1 unspecified atom stereocenters. The van der Waals surface area contributed by atoms with Crippen molar-refractivity contribution in [2.24, 2.45) is 5.73 Å². The molecule has 1 heterocycles. The number of hydrogen-bond donors (Lipinski definition) is 1. The van der Waals surface area contributed by atoms with E-state index in [-0.39, 0.29) is 5.41 Å². The van der Waals surface area contributed by atoms with Gasteiger partial charge < -0.3 is 15.0 Å². The smallest absolute Gasteiger partial charge is 0.232 e. The number of ether oxygens (including phenoxy) is 1. The molecule has 0 bridgehead atoms. The van der Waals surface area contributed by atoms with Crippen LogP contribution >= 0.6 is 0 Å². The van der Waals surface area contributed by atoms with Crippen LogP contribution in [0.4, 0.5) is 0 Å². The monoisotopic (exact) mass is 253 g/mol. The lowest BCUT2D eigenvalue weighted by atomic mass is 9.89. The Morgan fingerprint density at radius 3 is 2.72 bits per heavy atom. The maximum absolute atomic E-state index is 6.17. The highest BCUT2D eigenvalue weighted by Gasteiger charge is 2.38. The van der Waals surface area contributed by atoms with Crippen LogP contribution in [0.5, 0.6) is 0 Å². The molecule has 1 saturated carbocycles. The van der Waals surface area contributed by atoms with Gasteiger partial charge in [-0.05, 0) is 26.7 Å². The molecule has 18 heavy (non-hydrogen) atoms. The standard InChI is InChI=1S/C13H23N3O2/c1-4-17-9-13(3,14)10-15-11(18-16-10)12(2)7-5-6-8-12/h4-9,14H2,1-3H3. The molecule has 0 amide bonds. The Morgan fingerprint density at radius 1 is 1.44 bits per heavy atom. The van der Waals surface area contributed by atoms with E-state index in [0.717, 1.165) is 18.7 Å². The van der Waals surface area contributed by atoms with Gasteiger partial charge in [-0.2, -0.15) is 4.98 Å². The van der Waals surface area contributed by atoms with E-state index in [9.17, 15) is 0 Å². The largest absolute Gasteiger partial charge is 0.379 e. The fourth-order valence-corrected chi connectivity index (χ4v) is 2.45. The molecule has 5 nitrogen and oxygen atoms in total. The number of nitrogens with two attached hydrogens (primary N) is 1. The number of rotatable bonds is 5. The van der Waals surface area contributed by atoms with Crippen molar-refractivity contribution in [1.29, 1.82) is 0 Å². The lowest BCUT2D eigenvalue weighted by molar-refractivity contribution is 0.0962. The minimum Gasteiger partial charge on any atom is -0.379 e. The van der Waals surface area contributed by atoms with Crippen molar-refractivity contribution in [2.75, 3.05) is 13.2 Å². The van der Waals surface area contributed by atoms with Gasteiger partial charge in [0, 0.05) is 12.0 Å². The van der Waals surface area contributed by atoms with Gasteiger partial charge in [-0.15, -0.1) is 0 Å². The molecule has 1 fully saturated rings. The Balaban J connectivity index is 2.14. The van der Waals surface area contributed by atoms with Gasteiger partial charge >= 0.3 is 0 Å². The second kappa shape index (κ2) is 4.97. The first-order chi connectivity index (χ1) is 8.48. The third-order valence-electron chi connectivity index (χ3n) is 3.77. The van der Waals surface area contributed by atoms with Crippen LogP contribution in [0.15, 0.2) is 4.52 Å². The van der Waals surface area contributed by atoms with Crippen LogP contribution in [0.1, 0.15) is 58.2 Å². The molecular formula is C13H23N3O2. The molecule has 0 saturated heterocycles. The molecule has 102 valence electrons. The summed E-state index contributed by atoms with van der Waals surface area (Å²) in [5.41, 5.74) is 5.52. The van der Waals surface area contributed by atoms with Crippen molar-refractivity contribution in [3.05, 3.63) is 11.7 Å². The van der Waals surface area contributed by atoms with Gasteiger partial charge in [0.05, 0.1) is 6.61 Å². The van der Waals surface area contributed by atoms with Gasteiger partial charge in [0.1, 0.15) is 5.54 Å². The van der Waals surface area contributed by atoms with Gasteiger partial charge in [0.15, 0.2) is 5.82 Å². The van der Waals surface area contributed by atoms with E-state index in [1.807, 2.05) is 13.8 Å². The summed E-state index contributed by atoms with van der Waals surface area (Å²) in [6.45, 7) is 7.04. The summed E-state index contributed by atoms with van der Waals surface area (Å²) < 4.78 is 10.8. The lowest BCUT2D eigenvalue weighted by Gasteiger charge is -2.20. The fourth-order valence-electron chi connectivity index (χ4n) is 2.45. The molecule has 1 atom stereocenters. The molecule has 1 aromatic heterocycles. The quantitative estimate of drug-likeness (QED) is 0.870. The molecular weight excluding hydrogens is 230 g/mol. The Bertz CT molecular complexity index is 395. The van der Waals surface area contributed by atoms with E-state index in [0.29, 0.717) is 19.0 Å². The summed E-state index contributed by atoms with van der Waals surface area (Å²) in [4.78, 5) is 4.51. The van der Waals surface area contributed by atoms with Crippen LogP contribution in [0.25, 0.3) is 0 Å². The maximum atomic E-state index is 6.17. The number of nitrogens with zero attached hydrogens (tertiary/aromatic N) is 2. The zero-order valence-electron chi connectivity index (χ0n) is 11.5. The Kier molecular flexibility index (Phi) is 3.73. The van der Waals surface area contributed by atoms with Crippen molar-refractivity contribution in [3.8, 4) is 0 Å². The molecule has 1 aliphatic rings. The Hall–Kier alpha value is -0.940. The van der Waals surface area contributed by atoms with E-state index in [2.05, 4.69) is 17.1 Å². The van der Waals surface area contributed by atoms with Crippen molar-refractivity contribution in [1.82, 2.24) is 10.1 Å². The summed E-state index contributed by atoms with van der Waals surface area (Å²) >= 11 is 0. The van der Waals surface area contributed by atoms with Crippen molar-refractivity contribution >= 4 is 0 Å². The molecule has 0 aliphatic heterocycles. The molecule has 0 spiro atoms. The predicted molar refractivity (Wildman–Crippen MR) is 68.2 cm³/mol. The number of hydrogen-bond acceptors (Lipinski definition) is 5. The molecule has 0 radical (unpaired) electrons. The number of aromatic nitrogens is 2. The zero-order valence-corrected chi connectivity index (χ0v) is 11.5. The van der Waals surface area contributed by atoms with Crippen LogP contribution in [-0.4, -0.2) is 23.4 Å². The zero-order chi connectivity index (χ0) is 13.2.